The van der Waals surface area contributed by atoms with Crippen molar-refractivity contribution in [2.24, 2.45) is 7.05 Å². The van der Waals surface area contributed by atoms with Gasteiger partial charge in [0.2, 0.25) is 0 Å². The lowest BCUT2D eigenvalue weighted by Crippen LogP contribution is -2.08. The summed E-state index contributed by atoms with van der Waals surface area (Å²) >= 11 is 0. The van der Waals surface area contributed by atoms with Gasteiger partial charge in [-0.25, -0.2) is 14.4 Å². The van der Waals surface area contributed by atoms with Crippen molar-refractivity contribution < 1.29 is 9.50 Å². The standard InChI is InChI=1S/C20H18FN5O/c1-12-11-17(25-26(12)2)23-19-15-5-3-4-6-16(15)22-20(24-19)18(27)13-7-9-14(21)10-8-13/h3-11,18,27H,1-2H3,(H,22,23,24,25). The first-order valence-electron chi connectivity index (χ1n) is 8.49. The van der Waals surface area contributed by atoms with Crippen LogP contribution >= 0.6 is 0 Å². The minimum absolute atomic E-state index is 0.232. The molecule has 0 amide bonds. The number of anilines is 2. The van der Waals surface area contributed by atoms with Crippen molar-refractivity contribution in [1.29, 1.82) is 0 Å². The summed E-state index contributed by atoms with van der Waals surface area (Å²) < 4.78 is 14.9. The molecule has 4 rings (SSSR count). The van der Waals surface area contributed by atoms with Crippen LogP contribution in [0, 0.1) is 12.7 Å². The minimum Gasteiger partial charge on any atom is -0.380 e. The van der Waals surface area contributed by atoms with E-state index in [1.165, 1.54) is 24.3 Å². The second kappa shape index (κ2) is 6.77. The predicted molar refractivity (Wildman–Crippen MR) is 101 cm³/mol. The van der Waals surface area contributed by atoms with Crippen LogP contribution in [0.25, 0.3) is 10.9 Å². The highest BCUT2D eigenvalue weighted by atomic mass is 19.1. The van der Waals surface area contributed by atoms with Crippen molar-refractivity contribution in [2.75, 3.05) is 5.32 Å². The molecule has 136 valence electrons. The second-order valence-electron chi connectivity index (χ2n) is 6.32. The molecule has 2 N–H and O–H groups in total. The van der Waals surface area contributed by atoms with Crippen molar-refractivity contribution in [2.45, 2.75) is 13.0 Å². The number of aliphatic hydroxyl groups is 1. The number of rotatable bonds is 4. The first kappa shape index (κ1) is 17.1. The van der Waals surface area contributed by atoms with Crippen LogP contribution in [0.2, 0.25) is 0 Å². The Kier molecular flexibility index (Phi) is 4.29. The molecule has 2 aromatic heterocycles. The number of para-hydroxylation sites is 1. The molecule has 0 fully saturated rings. The van der Waals surface area contributed by atoms with Crippen LogP contribution in [0.5, 0.6) is 0 Å². The molecular formula is C20H18FN5O. The van der Waals surface area contributed by atoms with Gasteiger partial charge in [-0.1, -0.05) is 24.3 Å². The van der Waals surface area contributed by atoms with Gasteiger partial charge in [0.15, 0.2) is 11.6 Å². The Morgan fingerprint density at radius 2 is 1.81 bits per heavy atom. The van der Waals surface area contributed by atoms with E-state index in [4.69, 9.17) is 0 Å². The average molecular weight is 363 g/mol. The summed E-state index contributed by atoms with van der Waals surface area (Å²) in [5, 5.41) is 19.1. The van der Waals surface area contributed by atoms with E-state index in [9.17, 15) is 9.50 Å². The summed E-state index contributed by atoms with van der Waals surface area (Å²) in [5.41, 5.74) is 2.22. The van der Waals surface area contributed by atoms with Crippen LogP contribution in [0.3, 0.4) is 0 Å². The van der Waals surface area contributed by atoms with E-state index in [1.54, 1.807) is 4.68 Å². The molecule has 0 radical (unpaired) electrons. The normalized spacial score (nSPS) is 12.3. The molecule has 0 saturated carbocycles. The van der Waals surface area contributed by atoms with E-state index in [2.05, 4.69) is 20.4 Å². The molecule has 0 aliphatic carbocycles. The van der Waals surface area contributed by atoms with Gasteiger partial charge in [0, 0.05) is 24.2 Å². The van der Waals surface area contributed by atoms with Gasteiger partial charge in [0.05, 0.1) is 5.52 Å². The van der Waals surface area contributed by atoms with Crippen LogP contribution in [0.15, 0.2) is 54.6 Å². The predicted octanol–water partition coefficient (Wildman–Crippen LogP) is 3.64. The Balaban J connectivity index is 1.79. The van der Waals surface area contributed by atoms with E-state index in [0.29, 0.717) is 22.7 Å². The molecule has 2 aromatic carbocycles. The molecule has 6 nitrogen and oxygen atoms in total. The van der Waals surface area contributed by atoms with E-state index in [0.717, 1.165) is 11.1 Å². The summed E-state index contributed by atoms with van der Waals surface area (Å²) in [7, 11) is 1.86. The molecule has 1 unspecified atom stereocenters. The van der Waals surface area contributed by atoms with Crippen molar-refractivity contribution in [3.05, 3.63) is 77.5 Å². The van der Waals surface area contributed by atoms with Gasteiger partial charge in [-0.3, -0.25) is 4.68 Å². The summed E-state index contributed by atoms with van der Waals surface area (Å²) in [4.78, 5) is 9.00. The first-order valence-corrected chi connectivity index (χ1v) is 8.49. The quantitative estimate of drug-likeness (QED) is 0.579. The summed E-state index contributed by atoms with van der Waals surface area (Å²) in [6.07, 6.45) is -1.07. The Hall–Kier alpha value is -3.32. The third kappa shape index (κ3) is 3.37. The third-order valence-corrected chi connectivity index (χ3v) is 4.41. The second-order valence-corrected chi connectivity index (χ2v) is 6.32. The highest BCUT2D eigenvalue weighted by Gasteiger charge is 2.17. The maximum absolute atomic E-state index is 13.2. The van der Waals surface area contributed by atoms with Crippen molar-refractivity contribution >= 4 is 22.5 Å². The third-order valence-electron chi connectivity index (χ3n) is 4.41. The number of aromatic nitrogens is 4. The molecular weight excluding hydrogens is 345 g/mol. The first-order chi connectivity index (χ1) is 13.0. The molecule has 0 aliphatic heterocycles. The Morgan fingerprint density at radius 1 is 1.07 bits per heavy atom. The number of benzene rings is 2. The van der Waals surface area contributed by atoms with Gasteiger partial charge in [0.1, 0.15) is 17.7 Å². The fraction of sp³-hybridized carbons (Fsp3) is 0.150. The number of fused-ring (bicyclic) bond motifs is 1. The van der Waals surface area contributed by atoms with Crippen LogP contribution in [0.1, 0.15) is 23.2 Å². The van der Waals surface area contributed by atoms with Gasteiger partial charge in [-0.15, -0.1) is 0 Å². The average Bonchev–Trinajstić information content (AvgIpc) is 2.99. The van der Waals surface area contributed by atoms with E-state index in [-0.39, 0.29) is 11.6 Å². The maximum Gasteiger partial charge on any atom is 0.164 e. The number of nitrogens with one attached hydrogen (secondary N) is 1. The van der Waals surface area contributed by atoms with Crippen LogP contribution in [0.4, 0.5) is 16.0 Å². The van der Waals surface area contributed by atoms with Gasteiger partial charge in [-0.05, 0) is 36.8 Å². The smallest absolute Gasteiger partial charge is 0.164 e. The van der Waals surface area contributed by atoms with E-state index >= 15 is 0 Å². The van der Waals surface area contributed by atoms with Crippen molar-refractivity contribution in [3.63, 3.8) is 0 Å². The number of hydrogen-bond acceptors (Lipinski definition) is 5. The van der Waals surface area contributed by atoms with Crippen LogP contribution in [-0.4, -0.2) is 24.9 Å². The largest absolute Gasteiger partial charge is 0.380 e. The molecule has 4 aromatic rings. The topological polar surface area (TPSA) is 75.9 Å². The van der Waals surface area contributed by atoms with E-state index < -0.39 is 6.10 Å². The number of halogens is 1. The molecule has 1 atom stereocenters. The molecule has 27 heavy (non-hydrogen) atoms. The zero-order valence-corrected chi connectivity index (χ0v) is 14.9. The summed E-state index contributed by atoms with van der Waals surface area (Å²) in [6.45, 7) is 1.96. The van der Waals surface area contributed by atoms with Gasteiger partial charge in [-0.2, -0.15) is 5.10 Å². The Bertz CT molecular complexity index is 1090. The van der Waals surface area contributed by atoms with Crippen LogP contribution < -0.4 is 5.32 Å². The molecule has 0 aliphatic rings. The molecule has 0 saturated heterocycles. The number of aliphatic hydroxyl groups excluding tert-OH is 1. The highest BCUT2D eigenvalue weighted by molar-refractivity contribution is 5.90. The maximum atomic E-state index is 13.2. The van der Waals surface area contributed by atoms with Gasteiger partial charge in [0.25, 0.3) is 0 Å². The Labute approximate surface area is 155 Å². The summed E-state index contributed by atoms with van der Waals surface area (Å²) in [6, 6.07) is 15.1. The lowest BCUT2D eigenvalue weighted by molar-refractivity contribution is 0.210. The number of hydrogen-bond donors (Lipinski definition) is 2. The zero-order valence-electron chi connectivity index (χ0n) is 14.9. The lowest BCUT2D eigenvalue weighted by atomic mass is 10.1. The lowest BCUT2D eigenvalue weighted by Gasteiger charge is -2.13. The number of nitrogens with zero attached hydrogens (tertiary/aromatic N) is 4. The van der Waals surface area contributed by atoms with Gasteiger partial charge >= 0.3 is 0 Å². The monoisotopic (exact) mass is 363 g/mol. The SMILES string of the molecule is Cc1cc(Nc2nc(C(O)c3ccc(F)cc3)nc3ccccc23)nn1C. The fourth-order valence-electron chi connectivity index (χ4n) is 2.85. The molecule has 7 heteroatoms. The van der Waals surface area contributed by atoms with Gasteiger partial charge < -0.3 is 10.4 Å². The van der Waals surface area contributed by atoms with E-state index in [1.807, 2.05) is 44.3 Å². The molecule has 2 heterocycles. The van der Waals surface area contributed by atoms with Crippen molar-refractivity contribution in [1.82, 2.24) is 19.7 Å². The fourth-order valence-corrected chi connectivity index (χ4v) is 2.85. The zero-order chi connectivity index (χ0) is 19.0. The summed E-state index contributed by atoms with van der Waals surface area (Å²) in [5.74, 6) is 1.07. The van der Waals surface area contributed by atoms with Crippen LogP contribution in [-0.2, 0) is 7.05 Å². The highest BCUT2D eigenvalue weighted by Crippen LogP contribution is 2.27. The minimum atomic E-state index is -1.07. The molecule has 0 bridgehead atoms. The van der Waals surface area contributed by atoms with Crippen molar-refractivity contribution in [3.8, 4) is 0 Å². The number of aryl methyl sites for hydroxylation is 2. The molecule has 0 spiro atoms. The Morgan fingerprint density at radius 3 is 2.52 bits per heavy atom.